The van der Waals surface area contributed by atoms with Gasteiger partial charge >= 0.3 is 11.9 Å². The number of rotatable bonds is 3. The van der Waals surface area contributed by atoms with E-state index in [2.05, 4.69) is 4.74 Å². The van der Waals surface area contributed by atoms with Crippen LogP contribution >= 0.6 is 0 Å². The van der Waals surface area contributed by atoms with Crippen LogP contribution < -0.4 is 0 Å². The van der Waals surface area contributed by atoms with Crippen LogP contribution in [0.25, 0.3) is 0 Å². The molecule has 1 aliphatic heterocycles. The molecule has 0 aromatic carbocycles. The lowest BCUT2D eigenvalue weighted by molar-refractivity contribution is -0.201. The van der Waals surface area contributed by atoms with Crippen molar-refractivity contribution in [1.29, 1.82) is 0 Å². The molecule has 7 heteroatoms. The number of carbonyl (C=O) groups excluding carboxylic acids is 4. The van der Waals surface area contributed by atoms with Crippen LogP contribution in [-0.4, -0.2) is 35.9 Å². The van der Waals surface area contributed by atoms with Crippen molar-refractivity contribution in [2.45, 2.75) is 38.5 Å². The van der Waals surface area contributed by atoms with Gasteiger partial charge in [0.2, 0.25) is 0 Å². The molecular formula is C13H17NO6. The van der Waals surface area contributed by atoms with Crippen LogP contribution in [0.4, 0.5) is 0 Å². The Balaban J connectivity index is 1.84. The van der Waals surface area contributed by atoms with E-state index in [1.165, 1.54) is 7.11 Å². The van der Waals surface area contributed by atoms with Crippen molar-refractivity contribution in [3.63, 3.8) is 0 Å². The van der Waals surface area contributed by atoms with Crippen LogP contribution in [0.2, 0.25) is 0 Å². The van der Waals surface area contributed by atoms with Crippen LogP contribution in [0.5, 0.6) is 0 Å². The maximum absolute atomic E-state index is 11.9. The Labute approximate surface area is 116 Å². The summed E-state index contributed by atoms with van der Waals surface area (Å²) in [5.41, 5.74) is 0. The lowest BCUT2D eigenvalue weighted by atomic mass is 9.82. The summed E-state index contributed by atoms with van der Waals surface area (Å²) in [7, 11) is 1.34. The van der Waals surface area contributed by atoms with E-state index in [1.807, 2.05) is 0 Å². The first kappa shape index (κ1) is 14.5. The number of methoxy groups -OCH3 is 1. The molecule has 0 aromatic heterocycles. The predicted octanol–water partition coefficient (Wildman–Crippen LogP) is 0.573. The van der Waals surface area contributed by atoms with Gasteiger partial charge < -0.3 is 9.57 Å². The number of carbonyl (C=O) groups is 4. The maximum Gasteiger partial charge on any atom is 0.336 e. The minimum Gasteiger partial charge on any atom is -0.469 e. The highest BCUT2D eigenvalue weighted by atomic mass is 16.7. The quantitative estimate of drug-likeness (QED) is 0.555. The third kappa shape index (κ3) is 2.97. The molecule has 0 N–H and O–H groups in total. The number of esters is 1. The first-order chi connectivity index (χ1) is 9.52. The maximum atomic E-state index is 11.9. The highest BCUT2D eigenvalue weighted by molar-refractivity contribution is 6.01. The van der Waals surface area contributed by atoms with Gasteiger partial charge in [0.1, 0.15) is 0 Å². The van der Waals surface area contributed by atoms with Crippen LogP contribution in [-0.2, 0) is 28.8 Å². The molecule has 1 aliphatic carbocycles. The van der Waals surface area contributed by atoms with Crippen molar-refractivity contribution in [3.8, 4) is 0 Å². The summed E-state index contributed by atoms with van der Waals surface area (Å²) in [6.45, 7) is 0. The van der Waals surface area contributed by atoms with Crippen LogP contribution in [0.1, 0.15) is 38.5 Å². The van der Waals surface area contributed by atoms with Gasteiger partial charge in [0.15, 0.2) is 0 Å². The minimum absolute atomic E-state index is 0.0845. The Morgan fingerprint density at radius 2 is 1.40 bits per heavy atom. The van der Waals surface area contributed by atoms with Crippen LogP contribution in [0, 0.1) is 11.8 Å². The molecule has 0 spiro atoms. The second-order valence-electron chi connectivity index (χ2n) is 5.06. The summed E-state index contributed by atoms with van der Waals surface area (Å²) in [5.74, 6) is -2.35. The van der Waals surface area contributed by atoms with E-state index in [1.54, 1.807) is 0 Å². The van der Waals surface area contributed by atoms with E-state index >= 15 is 0 Å². The zero-order valence-corrected chi connectivity index (χ0v) is 11.3. The van der Waals surface area contributed by atoms with Crippen LogP contribution in [0.3, 0.4) is 0 Å². The molecule has 0 bridgehead atoms. The van der Waals surface area contributed by atoms with E-state index in [0.717, 1.165) is 0 Å². The number of ether oxygens (including phenoxy) is 1. The molecule has 20 heavy (non-hydrogen) atoms. The molecule has 1 saturated carbocycles. The highest BCUT2D eigenvalue weighted by Gasteiger charge is 2.37. The topological polar surface area (TPSA) is 90.0 Å². The largest absolute Gasteiger partial charge is 0.469 e. The molecule has 2 amide bonds. The summed E-state index contributed by atoms with van der Waals surface area (Å²) in [6.07, 6.45) is 2.26. The first-order valence-corrected chi connectivity index (χ1v) is 6.68. The average molecular weight is 283 g/mol. The minimum atomic E-state index is -0.572. The van der Waals surface area contributed by atoms with E-state index in [4.69, 9.17) is 4.84 Å². The smallest absolute Gasteiger partial charge is 0.336 e. The number of nitrogens with zero attached hydrogens (tertiary/aromatic N) is 1. The highest BCUT2D eigenvalue weighted by Crippen LogP contribution is 2.30. The van der Waals surface area contributed by atoms with Gasteiger partial charge in [-0.2, -0.15) is 0 Å². The molecule has 0 unspecified atom stereocenters. The summed E-state index contributed by atoms with van der Waals surface area (Å²) in [6, 6.07) is 0. The molecule has 0 radical (unpaired) electrons. The standard InChI is InChI=1S/C13H17NO6/c1-19-12(17)8-2-4-9(5-3-8)13(18)20-14-10(15)6-7-11(14)16/h8-9H,2-7H2,1H3. The summed E-state index contributed by atoms with van der Waals surface area (Å²) >= 11 is 0. The van der Waals surface area contributed by atoms with Gasteiger partial charge in [-0.15, -0.1) is 5.06 Å². The fraction of sp³-hybridized carbons (Fsp3) is 0.692. The number of hydrogen-bond donors (Lipinski definition) is 0. The Hall–Kier alpha value is -1.92. The van der Waals surface area contributed by atoms with Gasteiger partial charge in [-0.1, -0.05) is 0 Å². The predicted molar refractivity (Wildman–Crippen MR) is 64.6 cm³/mol. The van der Waals surface area contributed by atoms with Crippen molar-refractivity contribution in [2.75, 3.05) is 7.11 Å². The van der Waals surface area contributed by atoms with Gasteiger partial charge in [-0.25, -0.2) is 4.79 Å². The van der Waals surface area contributed by atoms with Gasteiger partial charge in [-0.3, -0.25) is 14.4 Å². The van der Waals surface area contributed by atoms with Crippen molar-refractivity contribution in [3.05, 3.63) is 0 Å². The van der Waals surface area contributed by atoms with Gasteiger partial charge in [-0.05, 0) is 25.7 Å². The molecule has 7 nitrogen and oxygen atoms in total. The molecule has 2 rings (SSSR count). The zero-order valence-electron chi connectivity index (χ0n) is 11.3. The summed E-state index contributed by atoms with van der Waals surface area (Å²) < 4.78 is 4.67. The molecule has 0 aromatic rings. The van der Waals surface area contributed by atoms with E-state index < -0.39 is 17.8 Å². The fourth-order valence-corrected chi connectivity index (χ4v) is 2.55. The Morgan fingerprint density at radius 3 is 1.85 bits per heavy atom. The molecule has 110 valence electrons. The number of hydroxylamine groups is 2. The zero-order chi connectivity index (χ0) is 14.7. The first-order valence-electron chi connectivity index (χ1n) is 6.68. The van der Waals surface area contributed by atoms with E-state index in [0.29, 0.717) is 30.7 Å². The van der Waals surface area contributed by atoms with Gasteiger partial charge in [0, 0.05) is 12.8 Å². The van der Waals surface area contributed by atoms with Crippen LogP contribution in [0.15, 0.2) is 0 Å². The third-order valence-electron chi connectivity index (χ3n) is 3.78. The fourth-order valence-electron chi connectivity index (χ4n) is 2.55. The Kier molecular flexibility index (Phi) is 4.36. The average Bonchev–Trinajstić information content (AvgIpc) is 2.78. The van der Waals surface area contributed by atoms with Crippen molar-refractivity contribution >= 4 is 23.8 Å². The third-order valence-corrected chi connectivity index (χ3v) is 3.78. The van der Waals surface area contributed by atoms with Crippen molar-refractivity contribution < 1.29 is 28.8 Å². The number of amides is 2. The Bertz CT molecular complexity index is 422. The molecule has 0 atom stereocenters. The lowest BCUT2D eigenvalue weighted by Crippen LogP contribution is -2.36. The second-order valence-corrected chi connectivity index (χ2v) is 5.06. The monoisotopic (exact) mass is 283 g/mol. The van der Waals surface area contributed by atoms with Crippen molar-refractivity contribution in [1.82, 2.24) is 5.06 Å². The molecule has 2 aliphatic rings. The summed E-state index contributed by atoms with van der Waals surface area (Å²) in [5, 5.41) is 0.564. The second kappa shape index (κ2) is 6.02. The molecule has 1 saturated heterocycles. The molecule has 2 fully saturated rings. The molecular weight excluding hydrogens is 266 g/mol. The normalized spacial score (nSPS) is 26.6. The van der Waals surface area contributed by atoms with E-state index in [-0.39, 0.29) is 30.6 Å². The number of hydrogen-bond acceptors (Lipinski definition) is 6. The number of imide groups is 1. The lowest BCUT2D eigenvalue weighted by Gasteiger charge is -2.26. The summed E-state index contributed by atoms with van der Waals surface area (Å²) in [4.78, 5) is 50.9. The van der Waals surface area contributed by atoms with E-state index in [9.17, 15) is 19.2 Å². The van der Waals surface area contributed by atoms with Gasteiger partial charge in [0.25, 0.3) is 11.8 Å². The SMILES string of the molecule is COC(=O)C1CCC(C(=O)ON2C(=O)CCC2=O)CC1. The Morgan fingerprint density at radius 1 is 0.950 bits per heavy atom. The van der Waals surface area contributed by atoms with Crippen molar-refractivity contribution in [2.24, 2.45) is 11.8 Å². The van der Waals surface area contributed by atoms with Gasteiger partial charge in [0.05, 0.1) is 18.9 Å². The molecule has 1 heterocycles.